The first kappa shape index (κ1) is 18.3. The lowest BCUT2D eigenvalue weighted by molar-refractivity contribution is -0.116. The van der Waals surface area contributed by atoms with Crippen LogP contribution in [0.2, 0.25) is 0 Å². The van der Waals surface area contributed by atoms with Gasteiger partial charge < -0.3 is 14.8 Å². The third kappa shape index (κ3) is 4.38. The van der Waals surface area contributed by atoms with Crippen molar-refractivity contribution in [3.63, 3.8) is 0 Å². The smallest absolute Gasteiger partial charge is 0.387 e. The molecule has 3 rings (SSSR count). The van der Waals surface area contributed by atoms with Crippen LogP contribution in [-0.4, -0.2) is 34.2 Å². The van der Waals surface area contributed by atoms with E-state index in [4.69, 9.17) is 4.74 Å². The average molecular weight is 374 g/mol. The van der Waals surface area contributed by atoms with E-state index in [1.165, 1.54) is 31.4 Å². The molecule has 1 amide bonds. The first-order valence-corrected chi connectivity index (χ1v) is 7.95. The SMILES string of the molecule is COc1cccc(/C=C/C(=O)NCc2nnc3ccccn23)c1OC(F)F. The van der Waals surface area contributed by atoms with Gasteiger partial charge in [0.05, 0.1) is 13.7 Å². The van der Waals surface area contributed by atoms with Gasteiger partial charge in [-0.3, -0.25) is 9.20 Å². The Morgan fingerprint density at radius 2 is 2.11 bits per heavy atom. The van der Waals surface area contributed by atoms with E-state index in [0.717, 1.165) is 0 Å². The molecule has 140 valence electrons. The molecule has 0 unspecified atom stereocenters. The lowest BCUT2D eigenvalue weighted by atomic mass is 10.1. The van der Waals surface area contributed by atoms with Crippen molar-refractivity contribution in [3.8, 4) is 11.5 Å². The van der Waals surface area contributed by atoms with Crippen molar-refractivity contribution in [2.24, 2.45) is 0 Å². The van der Waals surface area contributed by atoms with Gasteiger partial charge in [-0.1, -0.05) is 18.2 Å². The number of nitrogens with one attached hydrogen (secondary N) is 1. The first-order chi connectivity index (χ1) is 13.1. The molecule has 0 saturated carbocycles. The number of fused-ring (bicyclic) bond motifs is 1. The number of carbonyl (C=O) groups is 1. The maximum atomic E-state index is 12.6. The molecule has 2 aromatic heterocycles. The van der Waals surface area contributed by atoms with Gasteiger partial charge in [0, 0.05) is 17.8 Å². The van der Waals surface area contributed by atoms with Crippen molar-refractivity contribution in [2.45, 2.75) is 13.2 Å². The number of hydrogen-bond acceptors (Lipinski definition) is 5. The summed E-state index contributed by atoms with van der Waals surface area (Å²) >= 11 is 0. The highest BCUT2D eigenvalue weighted by molar-refractivity contribution is 5.92. The van der Waals surface area contributed by atoms with Crippen LogP contribution in [0.15, 0.2) is 48.7 Å². The molecular weight excluding hydrogens is 358 g/mol. The summed E-state index contributed by atoms with van der Waals surface area (Å²) in [6.07, 6.45) is 4.38. The highest BCUT2D eigenvalue weighted by atomic mass is 19.3. The third-order valence-corrected chi connectivity index (χ3v) is 3.66. The van der Waals surface area contributed by atoms with Gasteiger partial charge in [0.15, 0.2) is 23.0 Å². The van der Waals surface area contributed by atoms with E-state index in [1.54, 1.807) is 22.7 Å². The number of hydrogen-bond donors (Lipinski definition) is 1. The zero-order valence-electron chi connectivity index (χ0n) is 14.3. The number of nitrogens with zero attached hydrogens (tertiary/aromatic N) is 3. The van der Waals surface area contributed by atoms with Gasteiger partial charge in [0.2, 0.25) is 5.91 Å². The molecule has 9 heteroatoms. The van der Waals surface area contributed by atoms with E-state index in [2.05, 4.69) is 20.3 Å². The fourth-order valence-corrected chi connectivity index (χ4v) is 2.44. The van der Waals surface area contributed by atoms with Crippen molar-refractivity contribution in [3.05, 3.63) is 60.1 Å². The Bertz CT molecular complexity index is 972. The zero-order valence-corrected chi connectivity index (χ0v) is 14.3. The highest BCUT2D eigenvalue weighted by Crippen LogP contribution is 2.33. The number of alkyl halides is 2. The molecule has 0 atom stereocenters. The van der Waals surface area contributed by atoms with Crippen LogP contribution in [0.1, 0.15) is 11.4 Å². The monoisotopic (exact) mass is 374 g/mol. The maximum Gasteiger partial charge on any atom is 0.387 e. The van der Waals surface area contributed by atoms with E-state index in [9.17, 15) is 13.6 Å². The largest absolute Gasteiger partial charge is 0.493 e. The Balaban J connectivity index is 1.69. The van der Waals surface area contributed by atoms with Crippen LogP contribution in [-0.2, 0) is 11.3 Å². The normalized spacial score (nSPS) is 11.3. The molecule has 0 radical (unpaired) electrons. The number of carbonyl (C=O) groups excluding carboxylic acids is 1. The van der Waals surface area contributed by atoms with Gasteiger partial charge >= 0.3 is 6.61 Å². The minimum absolute atomic E-state index is 0.137. The molecule has 3 aromatic rings. The maximum absolute atomic E-state index is 12.6. The number of rotatable bonds is 7. The highest BCUT2D eigenvalue weighted by Gasteiger charge is 2.14. The number of aromatic nitrogens is 3. The molecule has 0 fully saturated rings. The first-order valence-electron chi connectivity index (χ1n) is 7.95. The van der Waals surface area contributed by atoms with Crippen molar-refractivity contribution in [2.75, 3.05) is 7.11 Å². The molecule has 0 aliphatic rings. The van der Waals surface area contributed by atoms with Crippen LogP contribution in [0.5, 0.6) is 11.5 Å². The number of ether oxygens (including phenoxy) is 2. The van der Waals surface area contributed by atoms with Crippen molar-refractivity contribution in [1.82, 2.24) is 19.9 Å². The molecular formula is C18H16F2N4O3. The molecule has 0 aliphatic carbocycles. The number of benzene rings is 1. The van der Waals surface area contributed by atoms with Crippen LogP contribution in [0.4, 0.5) is 8.78 Å². The van der Waals surface area contributed by atoms with E-state index < -0.39 is 12.5 Å². The molecule has 27 heavy (non-hydrogen) atoms. The van der Waals surface area contributed by atoms with Crippen LogP contribution in [0, 0.1) is 0 Å². The molecule has 0 bridgehead atoms. The number of halogens is 2. The van der Waals surface area contributed by atoms with Crippen molar-refractivity contribution >= 4 is 17.6 Å². The Morgan fingerprint density at radius 1 is 1.26 bits per heavy atom. The van der Waals surface area contributed by atoms with Crippen molar-refractivity contribution in [1.29, 1.82) is 0 Å². The quantitative estimate of drug-likeness (QED) is 0.644. The molecule has 1 aromatic carbocycles. The topological polar surface area (TPSA) is 77.8 Å². The fraction of sp³-hybridized carbons (Fsp3) is 0.167. The van der Waals surface area contributed by atoms with Gasteiger partial charge in [0.25, 0.3) is 0 Å². The van der Waals surface area contributed by atoms with Crippen molar-refractivity contribution < 1.29 is 23.0 Å². The number of pyridine rings is 1. The van der Waals surface area contributed by atoms with Gasteiger partial charge in [0.1, 0.15) is 0 Å². The predicted octanol–water partition coefficient (Wildman–Crippen LogP) is 2.67. The summed E-state index contributed by atoms with van der Waals surface area (Å²) in [5.41, 5.74) is 0.959. The van der Waals surface area contributed by atoms with Gasteiger partial charge in [-0.05, 0) is 24.3 Å². The minimum Gasteiger partial charge on any atom is -0.493 e. The summed E-state index contributed by atoms with van der Waals surface area (Å²) in [6, 6.07) is 10.1. The van der Waals surface area contributed by atoms with E-state index in [1.807, 2.05) is 12.1 Å². The molecule has 0 spiro atoms. The second-order valence-corrected chi connectivity index (χ2v) is 5.35. The Hall–Kier alpha value is -3.49. The fourth-order valence-electron chi connectivity index (χ4n) is 2.44. The Kier molecular flexibility index (Phi) is 5.60. The third-order valence-electron chi connectivity index (χ3n) is 3.66. The zero-order chi connectivity index (χ0) is 19.2. The van der Waals surface area contributed by atoms with E-state index >= 15 is 0 Å². The second kappa shape index (κ2) is 8.26. The van der Waals surface area contributed by atoms with Gasteiger partial charge in [-0.2, -0.15) is 8.78 Å². The van der Waals surface area contributed by atoms with Crippen LogP contribution >= 0.6 is 0 Å². The summed E-state index contributed by atoms with van der Waals surface area (Å²) in [5, 5.41) is 10.7. The number of methoxy groups -OCH3 is 1. The Labute approximate surface area is 153 Å². The van der Waals surface area contributed by atoms with Gasteiger partial charge in [-0.15, -0.1) is 10.2 Å². The van der Waals surface area contributed by atoms with Crippen LogP contribution in [0.3, 0.4) is 0 Å². The summed E-state index contributed by atoms with van der Waals surface area (Å²) < 4.78 is 36.5. The predicted molar refractivity (Wildman–Crippen MR) is 93.5 cm³/mol. The lowest BCUT2D eigenvalue weighted by Gasteiger charge is -2.12. The number of para-hydroxylation sites is 1. The standard InChI is InChI=1S/C18H16F2N4O3/c1-26-13-6-4-5-12(17(13)27-18(19)20)8-9-16(25)21-11-15-23-22-14-7-2-3-10-24(14)15/h2-10,18H,11H2,1H3,(H,21,25)/b9-8+. The van der Waals surface area contributed by atoms with E-state index in [0.29, 0.717) is 11.5 Å². The summed E-state index contributed by atoms with van der Waals surface area (Å²) in [4.78, 5) is 12.1. The number of amides is 1. The minimum atomic E-state index is -3.01. The average Bonchev–Trinajstić information content (AvgIpc) is 3.08. The summed E-state index contributed by atoms with van der Waals surface area (Å²) in [5.74, 6) is 0.152. The van der Waals surface area contributed by atoms with E-state index in [-0.39, 0.29) is 23.6 Å². The molecule has 1 N–H and O–H groups in total. The van der Waals surface area contributed by atoms with Gasteiger partial charge in [-0.25, -0.2) is 0 Å². The second-order valence-electron chi connectivity index (χ2n) is 5.35. The van der Waals surface area contributed by atoms with Crippen LogP contribution in [0.25, 0.3) is 11.7 Å². The van der Waals surface area contributed by atoms with Crippen LogP contribution < -0.4 is 14.8 Å². The summed E-state index contributed by atoms with van der Waals surface area (Å²) in [7, 11) is 1.34. The Morgan fingerprint density at radius 3 is 2.89 bits per heavy atom. The molecule has 7 nitrogen and oxygen atoms in total. The lowest BCUT2D eigenvalue weighted by Crippen LogP contribution is -2.21. The molecule has 0 saturated heterocycles. The molecule has 2 heterocycles. The molecule has 0 aliphatic heterocycles. The summed E-state index contributed by atoms with van der Waals surface area (Å²) in [6.45, 7) is -2.85.